The molecule has 0 aromatic heterocycles. The van der Waals surface area contributed by atoms with Crippen LogP contribution < -0.4 is 20.1 Å². The summed E-state index contributed by atoms with van der Waals surface area (Å²) in [7, 11) is -0.455. The monoisotopic (exact) mass is 433 g/mol. The number of hydrogen-bond donors (Lipinski definition) is 2. The van der Waals surface area contributed by atoms with E-state index in [9.17, 15) is 13.2 Å². The van der Waals surface area contributed by atoms with E-state index < -0.39 is 10.0 Å². The molecule has 30 heavy (non-hydrogen) atoms. The van der Waals surface area contributed by atoms with Crippen LogP contribution in [0.4, 0.5) is 11.4 Å². The molecule has 0 atom stereocenters. The normalized spacial score (nSPS) is 14.7. The van der Waals surface area contributed by atoms with Crippen LogP contribution in [0.2, 0.25) is 0 Å². The van der Waals surface area contributed by atoms with Crippen LogP contribution in [0, 0.1) is 0 Å². The zero-order chi connectivity index (χ0) is 21.6. The van der Waals surface area contributed by atoms with Crippen molar-refractivity contribution in [3.63, 3.8) is 0 Å². The number of nitrogens with zero attached hydrogens (tertiary/aromatic N) is 1. The average Bonchev–Trinajstić information content (AvgIpc) is 2.78. The molecule has 0 aliphatic carbocycles. The molecule has 2 aromatic carbocycles. The van der Waals surface area contributed by atoms with Crippen LogP contribution in [0.3, 0.4) is 0 Å². The second-order valence-electron chi connectivity index (χ2n) is 6.96. The third-order valence-corrected chi connectivity index (χ3v) is 6.80. The van der Waals surface area contributed by atoms with Gasteiger partial charge in [0.05, 0.1) is 25.7 Å². The lowest BCUT2D eigenvalue weighted by molar-refractivity contribution is -0.114. The van der Waals surface area contributed by atoms with Crippen molar-refractivity contribution < 1.29 is 22.7 Å². The van der Waals surface area contributed by atoms with Crippen molar-refractivity contribution in [2.24, 2.45) is 0 Å². The molecule has 162 valence electrons. The number of amides is 1. The van der Waals surface area contributed by atoms with Crippen LogP contribution >= 0.6 is 0 Å². The molecule has 2 N–H and O–H groups in total. The average molecular weight is 434 g/mol. The molecular weight excluding hydrogens is 406 g/mol. The number of carbonyl (C=O) groups is 1. The molecule has 0 radical (unpaired) electrons. The summed E-state index contributed by atoms with van der Waals surface area (Å²) >= 11 is 0. The Morgan fingerprint density at radius 1 is 0.967 bits per heavy atom. The van der Waals surface area contributed by atoms with Gasteiger partial charge in [0.1, 0.15) is 0 Å². The van der Waals surface area contributed by atoms with Crippen LogP contribution in [0.1, 0.15) is 19.3 Å². The number of piperidine rings is 1. The highest BCUT2D eigenvalue weighted by Crippen LogP contribution is 2.29. The summed E-state index contributed by atoms with van der Waals surface area (Å²) in [5, 5.41) is 5.75. The van der Waals surface area contributed by atoms with E-state index in [2.05, 4.69) is 10.6 Å². The van der Waals surface area contributed by atoms with E-state index in [4.69, 9.17) is 9.47 Å². The smallest absolute Gasteiger partial charge is 0.243 e. The number of methoxy groups -OCH3 is 2. The van der Waals surface area contributed by atoms with Gasteiger partial charge in [-0.15, -0.1) is 0 Å². The Morgan fingerprint density at radius 2 is 1.70 bits per heavy atom. The van der Waals surface area contributed by atoms with Crippen molar-refractivity contribution >= 4 is 27.3 Å². The van der Waals surface area contributed by atoms with Gasteiger partial charge in [0.2, 0.25) is 15.9 Å². The Bertz CT molecular complexity index is 988. The summed E-state index contributed by atoms with van der Waals surface area (Å²) in [4.78, 5) is 12.5. The number of hydrogen-bond acceptors (Lipinski definition) is 6. The molecule has 1 aliphatic rings. The first-order chi connectivity index (χ1) is 14.4. The molecule has 0 bridgehead atoms. The minimum absolute atomic E-state index is 0.0125. The first-order valence-electron chi connectivity index (χ1n) is 9.80. The number of anilines is 2. The van der Waals surface area contributed by atoms with Crippen LogP contribution in [0.15, 0.2) is 47.4 Å². The van der Waals surface area contributed by atoms with Crippen molar-refractivity contribution in [3.8, 4) is 11.5 Å². The molecule has 0 unspecified atom stereocenters. The lowest BCUT2D eigenvalue weighted by Gasteiger charge is -2.26. The zero-order valence-electron chi connectivity index (χ0n) is 17.2. The number of nitrogens with one attached hydrogen (secondary N) is 2. The largest absolute Gasteiger partial charge is 0.493 e. The van der Waals surface area contributed by atoms with E-state index in [1.54, 1.807) is 50.6 Å². The SMILES string of the molecule is COc1ccc(NCC(=O)Nc2cccc(S(=O)(=O)N3CCCCC3)c2)cc1OC. The van der Waals surface area contributed by atoms with E-state index in [1.807, 2.05) is 0 Å². The zero-order valence-corrected chi connectivity index (χ0v) is 18.0. The van der Waals surface area contributed by atoms with Crippen molar-refractivity contribution in [3.05, 3.63) is 42.5 Å². The molecule has 0 spiro atoms. The first kappa shape index (κ1) is 21.9. The summed E-state index contributed by atoms with van der Waals surface area (Å²) in [6.07, 6.45) is 2.80. The Labute approximate surface area is 177 Å². The van der Waals surface area contributed by atoms with Gasteiger partial charge < -0.3 is 20.1 Å². The summed E-state index contributed by atoms with van der Waals surface area (Å²) in [6, 6.07) is 11.6. The van der Waals surface area contributed by atoms with Gasteiger partial charge in [0.25, 0.3) is 0 Å². The van der Waals surface area contributed by atoms with Gasteiger partial charge in [-0.25, -0.2) is 8.42 Å². The van der Waals surface area contributed by atoms with Crippen molar-refractivity contribution in [2.75, 3.05) is 44.5 Å². The fourth-order valence-corrected chi connectivity index (χ4v) is 4.89. The van der Waals surface area contributed by atoms with E-state index in [1.165, 1.54) is 10.4 Å². The minimum Gasteiger partial charge on any atom is -0.493 e. The Kier molecular flexibility index (Phi) is 7.17. The first-order valence-corrected chi connectivity index (χ1v) is 11.2. The molecular formula is C21H27N3O5S. The second-order valence-corrected chi connectivity index (χ2v) is 8.90. The molecule has 1 amide bonds. The van der Waals surface area contributed by atoms with E-state index >= 15 is 0 Å². The summed E-state index contributed by atoms with van der Waals surface area (Å²) in [5.74, 6) is 0.857. The minimum atomic E-state index is -3.55. The van der Waals surface area contributed by atoms with Gasteiger partial charge in [0, 0.05) is 30.5 Å². The van der Waals surface area contributed by atoms with E-state index in [-0.39, 0.29) is 17.3 Å². The maximum absolute atomic E-state index is 12.8. The third kappa shape index (κ3) is 5.22. The van der Waals surface area contributed by atoms with E-state index in [0.717, 1.165) is 19.3 Å². The quantitative estimate of drug-likeness (QED) is 0.664. The van der Waals surface area contributed by atoms with Crippen LogP contribution in [0.25, 0.3) is 0 Å². The Balaban J connectivity index is 1.62. The van der Waals surface area contributed by atoms with Gasteiger partial charge in [-0.05, 0) is 43.2 Å². The highest BCUT2D eigenvalue weighted by atomic mass is 32.2. The molecule has 1 fully saturated rings. The molecule has 3 rings (SSSR count). The van der Waals surface area contributed by atoms with Crippen LogP contribution in [-0.2, 0) is 14.8 Å². The lowest BCUT2D eigenvalue weighted by atomic mass is 10.2. The standard InChI is InChI=1S/C21H27N3O5S/c1-28-19-10-9-16(14-20(19)29-2)22-15-21(25)23-17-7-6-8-18(13-17)30(26,27)24-11-4-3-5-12-24/h6-10,13-14,22H,3-5,11-12,15H2,1-2H3,(H,23,25). The molecule has 2 aromatic rings. The van der Waals surface area contributed by atoms with Gasteiger partial charge in [0.15, 0.2) is 11.5 Å². The van der Waals surface area contributed by atoms with Crippen LogP contribution in [0.5, 0.6) is 11.5 Å². The summed E-state index contributed by atoms with van der Waals surface area (Å²) < 4.78 is 37.6. The molecule has 9 heteroatoms. The highest BCUT2D eigenvalue weighted by molar-refractivity contribution is 7.89. The molecule has 0 saturated carbocycles. The second kappa shape index (κ2) is 9.82. The topological polar surface area (TPSA) is 97.0 Å². The predicted octanol–water partition coefficient (Wildman–Crippen LogP) is 2.93. The number of rotatable bonds is 8. The van der Waals surface area contributed by atoms with Gasteiger partial charge >= 0.3 is 0 Å². The maximum atomic E-state index is 12.8. The predicted molar refractivity (Wildman–Crippen MR) is 116 cm³/mol. The number of sulfonamides is 1. The lowest BCUT2D eigenvalue weighted by Crippen LogP contribution is -2.35. The Hall–Kier alpha value is -2.78. The third-order valence-electron chi connectivity index (χ3n) is 4.91. The fraction of sp³-hybridized carbons (Fsp3) is 0.381. The molecule has 1 heterocycles. The van der Waals surface area contributed by atoms with Crippen molar-refractivity contribution in [1.82, 2.24) is 4.31 Å². The highest BCUT2D eigenvalue weighted by Gasteiger charge is 2.26. The molecule has 1 aliphatic heterocycles. The van der Waals surface area contributed by atoms with Crippen molar-refractivity contribution in [2.45, 2.75) is 24.2 Å². The fourth-order valence-electron chi connectivity index (χ4n) is 3.32. The van der Waals surface area contributed by atoms with Gasteiger partial charge in [-0.2, -0.15) is 4.31 Å². The van der Waals surface area contributed by atoms with Crippen molar-refractivity contribution in [1.29, 1.82) is 0 Å². The maximum Gasteiger partial charge on any atom is 0.243 e. The Morgan fingerprint density at radius 3 is 2.40 bits per heavy atom. The van der Waals surface area contributed by atoms with Crippen LogP contribution in [-0.4, -0.2) is 52.5 Å². The van der Waals surface area contributed by atoms with Gasteiger partial charge in [-0.1, -0.05) is 12.5 Å². The number of carbonyl (C=O) groups excluding carboxylic acids is 1. The number of ether oxygens (including phenoxy) is 2. The summed E-state index contributed by atoms with van der Waals surface area (Å²) in [5.41, 5.74) is 1.14. The molecule has 8 nitrogen and oxygen atoms in total. The molecule has 1 saturated heterocycles. The van der Waals surface area contributed by atoms with Gasteiger partial charge in [-0.3, -0.25) is 4.79 Å². The summed E-state index contributed by atoms with van der Waals surface area (Å²) in [6.45, 7) is 1.08. The van der Waals surface area contributed by atoms with E-state index in [0.29, 0.717) is 36.0 Å². The number of benzene rings is 2.